The Morgan fingerprint density at radius 1 is 1.69 bits per heavy atom. The lowest BCUT2D eigenvalue weighted by Gasteiger charge is -2.29. The van der Waals surface area contributed by atoms with E-state index >= 15 is 0 Å². The third kappa shape index (κ3) is 2.29. The number of hydrogen-bond acceptors (Lipinski definition) is 3. The molecule has 0 spiro atoms. The van der Waals surface area contributed by atoms with Gasteiger partial charge in [-0.3, -0.25) is 4.90 Å². The Hall–Kier alpha value is -0.870. The minimum atomic E-state index is -0.142. The van der Waals surface area contributed by atoms with Crippen LogP contribution < -0.4 is 0 Å². The highest BCUT2D eigenvalue weighted by Gasteiger charge is 2.17. The maximum atomic E-state index is 9.44. The molecule has 1 aliphatic rings. The first kappa shape index (κ1) is 8.72. The first-order chi connectivity index (χ1) is 6.34. The van der Waals surface area contributed by atoms with E-state index < -0.39 is 0 Å². The summed E-state index contributed by atoms with van der Waals surface area (Å²) < 4.78 is 0. The van der Waals surface area contributed by atoms with Gasteiger partial charge in [0.2, 0.25) is 0 Å². The first-order valence-corrected chi connectivity index (χ1v) is 4.72. The van der Waals surface area contributed by atoms with E-state index in [0.717, 1.165) is 38.2 Å². The predicted octanol–water partition coefficient (Wildman–Crippen LogP) is 0.366. The molecule has 72 valence electrons. The zero-order valence-electron chi connectivity index (χ0n) is 7.61. The summed E-state index contributed by atoms with van der Waals surface area (Å²) in [6, 6.07) is 0. The lowest BCUT2D eigenvalue weighted by molar-refractivity contribution is 0.0663. The van der Waals surface area contributed by atoms with Crippen molar-refractivity contribution in [1.82, 2.24) is 14.9 Å². The van der Waals surface area contributed by atoms with E-state index in [4.69, 9.17) is 0 Å². The highest BCUT2D eigenvalue weighted by molar-refractivity contribution is 4.94. The summed E-state index contributed by atoms with van der Waals surface area (Å²) in [6.07, 6.45) is 5.42. The molecule has 1 aromatic rings. The average Bonchev–Trinajstić information content (AvgIpc) is 2.57. The van der Waals surface area contributed by atoms with E-state index in [-0.39, 0.29) is 6.10 Å². The molecule has 1 aliphatic heterocycles. The maximum Gasteiger partial charge on any atom is 0.0922 e. The molecule has 2 rings (SSSR count). The molecule has 1 atom stereocenters. The minimum absolute atomic E-state index is 0.142. The van der Waals surface area contributed by atoms with Crippen LogP contribution in [0, 0.1) is 0 Å². The predicted molar refractivity (Wildman–Crippen MR) is 49.1 cm³/mol. The largest absolute Gasteiger partial charge is 0.392 e. The lowest BCUT2D eigenvalue weighted by atomic mass is 10.1. The molecule has 0 bridgehead atoms. The molecule has 1 saturated heterocycles. The SMILES string of the molecule is O[C@H]1CCCN(Cc2cnc[nH]2)C1. The molecular weight excluding hydrogens is 166 g/mol. The van der Waals surface area contributed by atoms with Crippen LogP contribution in [-0.2, 0) is 6.54 Å². The number of nitrogens with zero attached hydrogens (tertiary/aromatic N) is 2. The highest BCUT2D eigenvalue weighted by Crippen LogP contribution is 2.11. The number of aliphatic hydroxyl groups is 1. The summed E-state index contributed by atoms with van der Waals surface area (Å²) in [5, 5.41) is 9.44. The molecule has 0 unspecified atom stereocenters. The third-order valence-electron chi connectivity index (χ3n) is 2.43. The second kappa shape index (κ2) is 3.89. The number of imidazole rings is 1. The standard InChI is InChI=1S/C9H15N3O/c13-9-2-1-3-12(6-9)5-8-4-10-7-11-8/h4,7,9,13H,1-3,5-6H2,(H,10,11)/t9-/m0/s1. The Bertz CT molecular complexity index is 247. The number of nitrogens with one attached hydrogen (secondary N) is 1. The number of hydrogen-bond donors (Lipinski definition) is 2. The van der Waals surface area contributed by atoms with Gasteiger partial charge in [0.05, 0.1) is 12.4 Å². The van der Waals surface area contributed by atoms with Gasteiger partial charge >= 0.3 is 0 Å². The number of H-pyrrole nitrogens is 1. The smallest absolute Gasteiger partial charge is 0.0922 e. The Kier molecular flexibility index (Phi) is 2.61. The summed E-state index contributed by atoms with van der Waals surface area (Å²) in [4.78, 5) is 9.28. The van der Waals surface area contributed by atoms with E-state index in [1.165, 1.54) is 0 Å². The van der Waals surface area contributed by atoms with Crippen LogP contribution in [0.2, 0.25) is 0 Å². The maximum absolute atomic E-state index is 9.44. The molecule has 2 heterocycles. The molecule has 0 radical (unpaired) electrons. The number of aromatic nitrogens is 2. The first-order valence-electron chi connectivity index (χ1n) is 4.72. The van der Waals surface area contributed by atoms with E-state index in [9.17, 15) is 5.11 Å². The van der Waals surface area contributed by atoms with Gasteiger partial charge in [0, 0.05) is 25.0 Å². The molecule has 0 saturated carbocycles. The Balaban J connectivity index is 1.87. The van der Waals surface area contributed by atoms with Gasteiger partial charge in [-0.05, 0) is 19.4 Å². The van der Waals surface area contributed by atoms with Crippen LogP contribution in [-0.4, -0.2) is 39.2 Å². The van der Waals surface area contributed by atoms with Crippen LogP contribution in [0.1, 0.15) is 18.5 Å². The van der Waals surface area contributed by atoms with Gasteiger partial charge in [-0.15, -0.1) is 0 Å². The molecule has 0 aliphatic carbocycles. The van der Waals surface area contributed by atoms with Crippen LogP contribution in [0.3, 0.4) is 0 Å². The van der Waals surface area contributed by atoms with Crippen molar-refractivity contribution in [3.8, 4) is 0 Å². The molecule has 1 aromatic heterocycles. The fourth-order valence-electron chi connectivity index (χ4n) is 1.79. The molecule has 2 N–H and O–H groups in total. The van der Waals surface area contributed by atoms with Crippen molar-refractivity contribution in [2.75, 3.05) is 13.1 Å². The zero-order chi connectivity index (χ0) is 9.10. The van der Waals surface area contributed by atoms with Gasteiger partial charge in [0.25, 0.3) is 0 Å². The fourth-order valence-corrected chi connectivity index (χ4v) is 1.79. The Morgan fingerprint density at radius 2 is 2.62 bits per heavy atom. The van der Waals surface area contributed by atoms with E-state index in [1.54, 1.807) is 6.33 Å². The molecule has 1 fully saturated rings. The van der Waals surface area contributed by atoms with Gasteiger partial charge in [0.15, 0.2) is 0 Å². The number of aliphatic hydroxyl groups excluding tert-OH is 1. The van der Waals surface area contributed by atoms with Crippen molar-refractivity contribution in [2.45, 2.75) is 25.5 Å². The van der Waals surface area contributed by atoms with Gasteiger partial charge in [-0.2, -0.15) is 0 Å². The Labute approximate surface area is 77.6 Å². The van der Waals surface area contributed by atoms with Crippen molar-refractivity contribution in [3.63, 3.8) is 0 Å². The second-order valence-electron chi connectivity index (χ2n) is 3.61. The van der Waals surface area contributed by atoms with Crippen molar-refractivity contribution in [1.29, 1.82) is 0 Å². The minimum Gasteiger partial charge on any atom is -0.392 e. The number of piperidine rings is 1. The third-order valence-corrected chi connectivity index (χ3v) is 2.43. The van der Waals surface area contributed by atoms with Gasteiger partial charge in [-0.25, -0.2) is 4.98 Å². The second-order valence-corrected chi connectivity index (χ2v) is 3.61. The normalized spacial score (nSPS) is 24.8. The molecular formula is C9H15N3O. The van der Waals surface area contributed by atoms with E-state index in [0.29, 0.717) is 0 Å². The number of likely N-dealkylation sites (tertiary alicyclic amines) is 1. The van der Waals surface area contributed by atoms with Crippen LogP contribution in [0.15, 0.2) is 12.5 Å². The van der Waals surface area contributed by atoms with Gasteiger partial charge in [0.1, 0.15) is 0 Å². The van der Waals surface area contributed by atoms with Crippen molar-refractivity contribution in [3.05, 3.63) is 18.2 Å². The number of aromatic amines is 1. The Morgan fingerprint density at radius 3 is 3.31 bits per heavy atom. The van der Waals surface area contributed by atoms with Crippen LogP contribution in [0.5, 0.6) is 0 Å². The summed E-state index contributed by atoms with van der Waals surface area (Å²) in [5.41, 5.74) is 1.12. The molecule has 0 aromatic carbocycles. The molecule has 4 nitrogen and oxygen atoms in total. The number of β-amino-alcohol motifs (C(OH)–C–C–N with tert-alkyl or cyclic N) is 1. The summed E-state index contributed by atoms with van der Waals surface area (Å²) >= 11 is 0. The van der Waals surface area contributed by atoms with Crippen molar-refractivity contribution < 1.29 is 5.11 Å². The molecule has 4 heteroatoms. The number of rotatable bonds is 2. The van der Waals surface area contributed by atoms with Crippen LogP contribution in [0.25, 0.3) is 0 Å². The quantitative estimate of drug-likeness (QED) is 0.693. The topological polar surface area (TPSA) is 52.1 Å². The summed E-state index contributed by atoms with van der Waals surface area (Å²) in [7, 11) is 0. The lowest BCUT2D eigenvalue weighted by Crippen LogP contribution is -2.37. The van der Waals surface area contributed by atoms with Crippen LogP contribution >= 0.6 is 0 Å². The van der Waals surface area contributed by atoms with E-state index in [1.807, 2.05) is 6.20 Å². The highest BCUT2D eigenvalue weighted by atomic mass is 16.3. The van der Waals surface area contributed by atoms with Gasteiger partial charge in [-0.1, -0.05) is 0 Å². The van der Waals surface area contributed by atoms with Crippen molar-refractivity contribution >= 4 is 0 Å². The molecule has 13 heavy (non-hydrogen) atoms. The monoisotopic (exact) mass is 181 g/mol. The van der Waals surface area contributed by atoms with E-state index in [2.05, 4.69) is 14.9 Å². The van der Waals surface area contributed by atoms with Crippen molar-refractivity contribution in [2.24, 2.45) is 0 Å². The van der Waals surface area contributed by atoms with Gasteiger partial charge < -0.3 is 10.1 Å². The average molecular weight is 181 g/mol. The van der Waals surface area contributed by atoms with Crippen LogP contribution in [0.4, 0.5) is 0 Å². The molecule has 0 amide bonds. The summed E-state index contributed by atoms with van der Waals surface area (Å²) in [6.45, 7) is 2.74. The summed E-state index contributed by atoms with van der Waals surface area (Å²) in [5.74, 6) is 0. The zero-order valence-corrected chi connectivity index (χ0v) is 7.61. The fraction of sp³-hybridized carbons (Fsp3) is 0.667.